The average Bonchev–Trinajstić information content (AvgIpc) is 3.42. The minimum atomic E-state index is -0.245. The Morgan fingerprint density at radius 2 is 1.81 bits per heavy atom. The van der Waals surface area contributed by atoms with Crippen molar-refractivity contribution < 1.29 is 4.79 Å². The van der Waals surface area contributed by atoms with E-state index < -0.39 is 0 Å². The van der Waals surface area contributed by atoms with E-state index in [0.29, 0.717) is 18.7 Å². The van der Waals surface area contributed by atoms with Gasteiger partial charge in [-0.15, -0.1) is 5.10 Å². The number of nitrogens with zero attached hydrogens (tertiary/aromatic N) is 7. The third kappa shape index (κ3) is 3.83. The Morgan fingerprint density at radius 3 is 2.62 bits per heavy atom. The highest BCUT2D eigenvalue weighted by Crippen LogP contribution is 2.16. The van der Waals surface area contributed by atoms with Gasteiger partial charge < -0.3 is 5.32 Å². The zero-order valence-corrected chi connectivity index (χ0v) is 17.4. The summed E-state index contributed by atoms with van der Waals surface area (Å²) in [5.41, 5.74) is 5.60. The summed E-state index contributed by atoms with van der Waals surface area (Å²) in [5, 5.41) is 11.1. The smallest absolute Gasteiger partial charge is 0.274 e. The number of carbonyl (C=O) groups excluding carboxylic acids is 1. The van der Waals surface area contributed by atoms with Crippen LogP contribution in [0, 0.1) is 0 Å². The second kappa shape index (κ2) is 8.38. The standard InChI is InChI=1S/C23H20N8O/c1-30-20(11-16-5-3-2-4-6-16)21(28-29-30)23(32)25-12-17-7-9-18(10-8-17)31-15-27-19-13-24-14-26-22(19)31/h2-10,13-15H,11-12H2,1H3,(H,25,32). The van der Waals surface area contributed by atoms with Crippen molar-refractivity contribution in [1.29, 1.82) is 0 Å². The highest BCUT2D eigenvalue weighted by atomic mass is 16.2. The molecule has 5 rings (SSSR count). The van der Waals surface area contributed by atoms with Crippen LogP contribution in [0.2, 0.25) is 0 Å². The molecule has 0 atom stereocenters. The number of hydrogen-bond donors (Lipinski definition) is 1. The average molecular weight is 424 g/mol. The Hall–Kier alpha value is -4.40. The Labute approximate surface area is 183 Å². The number of benzene rings is 2. The second-order valence-electron chi connectivity index (χ2n) is 7.37. The Morgan fingerprint density at radius 1 is 1.00 bits per heavy atom. The van der Waals surface area contributed by atoms with E-state index in [1.54, 1.807) is 24.3 Å². The monoisotopic (exact) mass is 424 g/mol. The Kier molecular flexibility index (Phi) is 5.12. The van der Waals surface area contributed by atoms with Crippen molar-refractivity contribution in [3.05, 3.63) is 96.0 Å². The molecule has 9 nitrogen and oxygen atoms in total. The van der Waals surface area contributed by atoms with E-state index in [-0.39, 0.29) is 5.91 Å². The van der Waals surface area contributed by atoms with Crippen LogP contribution in [-0.4, -0.2) is 40.4 Å². The van der Waals surface area contributed by atoms with E-state index in [1.807, 2.05) is 59.2 Å². The molecule has 0 saturated carbocycles. The van der Waals surface area contributed by atoms with E-state index in [1.165, 1.54) is 6.33 Å². The van der Waals surface area contributed by atoms with E-state index in [2.05, 4.69) is 30.6 Å². The minimum Gasteiger partial charge on any atom is -0.347 e. The minimum absolute atomic E-state index is 0.245. The van der Waals surface area contributed by atoms with Crippen LogP contribution in [0.25, 0.3) is 16.9 Å². The highest BCUT2D eigenvalue weighted by molar-refractivity contribution is 5.93. The van der Waals surface area contributed by atoms with Gasteiger partial charge in [0.05, 0.1) is 11.9 Å². The van der Waals surface area contributed by atoms with Crippen molar-refractivity contribution in [1.82, 2.24) is 39.8 Å². The molecule has 0 spiro atoms. The van der Waals surface area contributed by atoms with E-state index in [0.717, 1.165) is 33.7 Å². The van der Waals surface area contributed by atoms with Crippen LogP contribution in [0.1, 0.15) is 27.3 Å². The Bertz CT molecular complexity index is 1370. The molecular formula is C23H20N8O. The SMILES string of the molecule is Cn1nnc(C(=O)NCc2ccc(-n3cnc4cncnc43)cc2)c1Cc1ccccc1. The van der Waals surface area contributed by atoms with Gasteiger partial charge in [0.1, 0.15) is 18.2 Å². The van der Waals surface area contributed by atoms with Gasteiger partial charge in [0.2, 0.25) is 0 Å². The van der Waals surface area contributed by atoms with Crippen molar-refractivity contribution in [3.63, 3.8) is 0 Å². The summed E-state index contributed by atoms with van der Waals surface area (Å²) < 4.78 is 3.55. The summed E-state index contributed by atoms with van der Waals surface area (Å²) in [4.78, 5) is 25.4. The largest absolute Gasteiger partial charge is 0.347 e. The van der Waals surface area contributed by atoms with Crippen LogP contribution >= 0.6 is 0 Å². The summed E-state index contributed by atoms with van der Waals surface area (Å²) in [6.07, 6.45) is 5.49. The summed E-state index contributed by atoms with van der Waals surface area (Å²) in [7, 11) is 1.80. The lowest BCUT2D eigenvalue weighted by Gasteiger charge is -2.08. The molecule has 0 aliphatic carbocycles. The number of rotatable bonds is 6. The molecule has 0 bridgehead atoms. The van der Waals surface area contributed by atoms with Gasteiger partial charge in [-0.3, -0.25) is 14.0 Å². The molecule has 0 unspecified atom stereocenters. The molecule has 0 saturated heterocycles. The fourth-order valence-electron chi connectivity index (χ4n) is 3.54. The number of aromatic nitrogens is 7. The molecule has 0 aliphatic rings. The number of imidazole rings is 1. The van der Waals surface area contributed by atoms with Gasteiger partial charge >= 0.3 is 0 Å². The first-order valence-electron chi connectivity index (χ1n) is 10.1. The molecule has 0 fully saturated rings. The number of amides is 1. The molecule has 9 heteroatoms. The molecule has 32 heavy (non-hydrogen) atoms. The predicted octanol–water partition coefficient (Wildman–Crippen LogP) is 2.46. The lowest BCUT2D eigenvalue weighted by molar-refractivity contribution is 0.0945. The van der Waals surface area contributed by atoms with Gasteiger partial charge in [-0.25, -0.2) is 15.0 Å². The third-order valence-corrected chi connectivity index (χ3v) is 5.25. The van der Waals surface area contributed by atoms with E-state index >= 15 is 0 Å². The fraction of sp³-hybridized carbons (Fsp3) is 0.130. The predicted molar refractivity (Wildman–Crippen MR) is 118 cm³/mol. The first kappa shape index (κ1) is 19.6. The van der Waals surface area contributed by atoms with Crippen molar-refractivity contribution in [2.75, 3.05) is 0 Å². The fourth-order valence-corrected chi connectivity index (χ4v) is 3.54. The van der Waals surface area contributed by atoms with Gasteiger partial charge in [0.15, 0.2) is 11.3 Å². The number of aryl methyl sites for hydroxylation is 1. The van der Waals surface area contributed by atoms with Crippen LogP contribution in [0.4, 0.5) is 0 Å². The maximum atomic E-state index is 12.8. The van der Waals surface area contributed by atoms with Gasteiger partial charge in [0.25, 0.3) is 5.91 Å². The molecule has 5 aromatic rings. The number of hydrogen-bond acceptors (Lipinski definition) is 6. The third-order valence-electron chi connectivity index (χ3n) is 5.25. The van der Waals surface area contributed by atoms with Crippen LogP contribution in [-0.2, 0) is 20.0 Å². The van der Waals surface area contributed by atoms with Crippen molar-refractivity contribution in [2.45, 2.75) is 13.0 Å². The maximum Gasteiger partial charge on any atom is 0.274 e. The second-order valence-corrected chi connectivity index (χ2v) is 7.37. The van der Waals surface area contributed by atoms with Crippen molar-refractivity contribution in [3.8, 4) is 5.69 Å². The number of nitrogens with one attached hydrogen (secondary N) is 1. The number of carbonyl (C=O) groups is 1. The molecule has 158 valence electrons. The van der Waals surface area contributed by atoms with Crippen LogP contribution in [0.15, 0.2) is 73.4 Å². The molecule has 3 heterocycles. The van der Waals surface area contributed by atoms with Crippen molar-refractivity contribution >= 4 is 17.1 Å². The highest BCUT2D eigenvalue weighted by Gasteiger charge is 2.18. The summed E-state index contributed by atoms with van der Waals surface area (Å²) in [6.45, 7) is 0.382. The normalized spacial score (nSPS) is 11.0. The molecule has 1 amide bonds. The molecular weight excluding hydrogens is 404 g/mol. The zero-order valence-electron chi connectivity index (χ0n) is 17.4. The van der Waals surface area contributed by atoms with Crippen LogP contribution in [0.5, 0.6) is 0 Å². The molecule has 2 aromatic carbocycles. The van der Waals surface area contributed by atoms with Crippen LogP contribution in [0.3, 0.4) is 0 Å². The van der Waals surface area contributed by atoms with Gasteiger partial charge in [-0.1, -0.05) is 47.7 Å². The Balaban J connectivity index is 1.28. The van der Waals surface area contributed by atoms with E-state index in [9.17, 15) is 4.79 Å². The quantitative estimate of drug-likeness (QED) is 0.449. The molecule has 0 radical (unpaired) electrons. The lowest BCUT2D eigenvalue weighted by Crippen LogP contribution is -2.24. The van der Waals surface area contributed by atoms with Gasteiger partial charge in [-0.2, -0.15) is 0 Å². The summed E-state index contributed by atoms with van der Waals surface area (Å²) >= 11 is 0. The zero-order chi connectivity index (χ0) is 21.9. The van der Waals surface area contributed by atoms with E-state index in [4.69, 9.17) is 0 Å². The lowest BCUT2D eigenvalue weighted by atomic mass is 10.1. The molecule has 3 aromatic heterocycles. The first-order chi connectivity index (χ1) is 15.7. The van der Waals surface area contributed by atoms with Crippen LogP contribution < -0.4 is 5.32 Å². The topological polar surface area (TPSA) is 103 Å². The van der Waals surface area contributed by atoms with Crippen molar-refractivity contribution in [2.24, 2.45) is 7.05 Å². The number of fused-ring (bicyclic) bond motifs is 1. The molecule has 0 aliphatic heterocycles. The van der Waals surface area contributed by atoms with Gasteiger partial charge in [0, 0.05) is 25.7 Å². The maximum absolute atomic E-state index is 12.8. The van der Waals surface area contributed by atoms with Gasteiger partial charge in [-0.05, 0) is 23.3 Å². The summed E-state index contributed by atoms with van der Waals surface area (Å²) in [5.74, 6) is -0.245. The first-order valence-corrected chi connectivity index (χ1v) is 10.1. The summed E-state index contributed by atoms with van der Waals surface area (Å²) in [6, 6.07) is 17.8. The molecule has 1 N–H and O–H groups in total.